The van der Waals surface area contributed by atoms with Gasteiger partial charge in [-0.05, 0) is 30.9 Å². The zero-order chi connectivity index (χ0) is 12.0. The molecule has 0 saturated heterocycles. The van der Waals surface area contributed by atoms with Crippen molar-refractivity contribution in [3.8, 4) is 0 Å². The van der Waals surface area contributed by atoms with E-state index < -0.39 is 0 Å². The summed E-state index contributed by atoms with van der Waals surface area (Å²) in [4.78, 5) is 22.6. The van der Waals surface area contributed by atoms with Gasteiger partial charge in [0.05, 0.1) is 0 Å². The maximum absolute atomic E-state index is 11.5. The van der Waals surface area contributed by atoms with Crippen LogP contribution in [-0.4, -0.2) is 30.7 Å². The monoisotopic (exact) mass is 244 g/mol. The summed E-state index contributed by atoms with van der Waals surface area (Å²) >= 11 is 4.25. The lowest BCUT2D eigenvalue weighted by Crippen LogP contribution is -2.31. The van der Waals surface area contributed by atoms with Crippen molar-refractivity contribution in [3.05, 3.63) is 0 Å². The summed E-state index contributed by atoms with van der Waals surface area (Å²) in [6.45, 7) is 2.93. The molecule has 16 heavy (non-hydrogen) atoms. The Morgan fingerprint density at radius 1 is 1.25 bits per heavy atom. The third-order valence-corrected chi connectivity index (χ3v) is 3.55. The molecule has 2 amide bonds. The Labute approximate surface area is 102 Å². The fourth-order valence-corrected chi connectivity index (χ4v) is 2.00. The molecule has 1 fully saturated rings. The molecule has 0 heterocycles. The second kappa shape index (κ2) is 6.13. The summed E-state index contributed by atoms with van der Waals surface area (Å²) in [5, 5.41) is 5.46. The Hall–Kier alpha value is -0.710. The highest BCUT2D eigenvalue weighted by Gasteiger charge is 2.42. The number of carbonyl (C=O) groups excluding carboxylic acids is 2. The molecule has 4 nitrogen and oxygen atoms in total. The average molecular weight is 244 g/mol. The second-order valence-electron chi connectivity index (χ2n) is 4.39. The van der Waals surface area contributed by atoms with E-state index in [9.17, 15) is 9.59 Å². The van der Waals surface area contributed by atoms with Crippen LogP contribution >= 0.6 is 12.6 Å². The zero-order valence-corrected chi connectivity index (χ0v) is 10.6. The van der Waals surface area contributed by atoms with Crippen LogP contribution in [-0.2, 0) is 9.59 Å². The van der Waals surface area contributed by atoms with E-state index in [0.29, 0.717) is 25.9 Å². The zero-order valence-electron chi connectivity index (χ0n) is 9.71. The van der Waals surface area contributed by atoms with E-state index in [1.807, 2.05) is 6.92 Å². The smallest absolute Gasteiger partial charge is 0.221 e. The SMILES string of the molecule is CCNC(=O)CCNC(=O)CC1(CS)CC1. The summed E-state index contributed by atoms with van der Waals surface area (Å²) < 4.78 is 0. The quantitative estimate of drug-likeness (QED) is 0.578. The molecule has 1 rings (SSSR count). The fraction of sp³-hybridized carbons (Fsp3) is 0.818. The standard InChI is InChI=1S/C11H20N2O2S/c1-2-12-9(14)3-6-13-10(15)7-11(8-16)4-5-11/h16H,2-8H2,1H3,(H,12,14)(H,13,15). The molecule has 92 valence electrons. The van der Waals surface area contributed by atoms with Gasteiger partial charge in [-0.3, -0.25) is 9.59 Å². The maximum atomic E-state index is 11.5. The van der Waals surface area contributed by atoms with Crippen molar-refractivity contribution < 1.29 is 9.59 Å². The summed E-state index contributed by atoms with van der Waals surface area (Å²) in [6, 6.07) is 0. The maximum Gasteiger partial charge on any atom is 0.221 e. The molecule has 0 spiro atoms. The molecule has 0 aromatic carbocycles. The molecule has 0 aromatic heterocycles. The van der Waals surface area contributed by atoms with E-state index in [2.05, 4.69) is 23.3 Å². The van der Waals surface area contributed by atoms with Gasteiger partial charge >= 0.3 is 0 Å². The van der Waals surface area contributed by atoms with Gasteiger partial charge in [-0.25, -0.2) is 0 Å². The highest BCUT2D eigenvalue weighted by atomic mass is 32.1. The van der Waals surface area contributed by atoms with Crippen molar-refractivity contribution in [1.82, 2.24) is 10.6 Å². The van der Waals surface area contributed by atoms with E-state index in [1.165, 1.54) is 0 Å². The Bertz CT molecular complexity index is 265. The molecule has 0 unspecified atom stereocenters. The first-order valence-electron chi connectivity index (χ1n) is 5.76. The Kier molecular flexibility index (Phi) is 5.12. The molecule has 0 aliphatic heterocycles. The fourth-order valence-electron chi connectivity index (χ4n) is 1.57. The molecule has 0 aromatic rings. The van der Waals surface area contributed by atoms with Gasteiger partial charge in [-0.2, -0.15) is 12.6 Å². The van der Waals surface area contributed by atoms with Crippen LogP contribution < -0.4 is 10.6 Å². The summed E-state index contributed by atoms with van der Waals surface area (Å²) in [5.74, 6) is 0.797. The van der Waals surface area contributed by atoms with Crippen LogP contribution in [0.25, 0.3) is 0 Å². The van der Waals surface area contributed by atoms with E-state index in [0.717, 1.165) is 18.6 Å². The van der Waals surface area contributed by atoms with Crippen molar-refractivity contribution in [2.75, 3.05) is 18.8 Å². The minimum absolute atomic E-state index is 0.0156. The van der Waals surface area contributed by atoms with Crippen LogP contribution in [0, 0.1) is 5.41 Å². The van der Waals surface area contributed by atoms with Crippen LogP contribution in [0.15, 0.2) is 0 Å². The molecular formula is C11H20N2O2S. The number of carbonyl (C=O) groups is 2. The first kappa shape index (κ1) is 13.4. The predicted octanol–water partition coefficient (Wildman–Crippen LogP) is 0.729. The van der Waals surface area contributed by atoms with E-state index in [1.54, 1.807) is 0 Å². The van der Waals surface area contributed by atoms with Gasteiger partial charge in [0, 0.05) is 25.9 Å². The van der Waals surface area contributed by atoms with E-state index >= 15 is 0 Å². The highest BCUT2D eigenvalue weighted by Crippen LogP contribution is 2.49. The lowest BCUT2D eigenvalue weighted by atomic mass is 10.1. The Morgan fingerprint density at radius 2 is 1.94 bits per heavy atom. The van der Waals surface area contributed by atoms with Gasteiger partial charge in [-0.15, -0.1) is 0 Å². The molecule has 0 bridgehead atoms. The first-order chi connectivity index (χ1) is 7.62. The van der Waals surface area contributed by atoms with Crippen molar-refractivity contribution in [1.29, 1.82) is 0 Å². The lowest BCUT2D eigenvalue weighted by Gasteiger charge is -2.11. The molecule has 0 radical (unpaired) electrons. The van der Waals surface area contributed by atoms with Crippen LogP contribution in [0.3, 0.4) is 0 Å². The van der Waals surface area contributed by atoms with Crippen molar-refractivity contribution in [2.24, 2.45) is 5.41 Å². The molecule has 1 aliphatic rings. The van der Waals surface area contributed by atoms with Crippen LogP contribution in [0.1, 0.15) is 32.6 Å². The molecule has 1 saturated carbocycles. The highest BCUT2D eigenvalue weighted by molar-refractivity contribution is 7.80. The topological polar surface area (TPSA) is 58.2 Å². The molecule has 2 N–H and O–H groups in total. The van der Waals surface area contributed by atoms with Gasteiger partial charge in [0.1, 0.15) is 0 Å². The van der Waals surface area contributed by atoms with E-state index in [4.69, 9.17) is 0 Å². The molecule has 0 atom stereocenters. The Morgan fingerprint density at radius 3 is 2.44 bits per heavy atom. The number of hydrogen-bond acceptors (Lipinski definition) is 3. The van der Waals surface area contributed by atoms with E-state index in [-0.39, 0.29) is 17.2 Å². The van der Waals surface area contributed by atoms with Gasteiger partial charge in [-0.1, -0.05) is 0 Å². The number of amides is 2. The summed E-state index contributed by atoms with van der Waals surface area (Å²) in [5.41, 5.74) is 0.152. The molecule has 1 aliphatic carbocycles. The Balaban J connectivity index is 2.09. The third-order valence-electron chi connectivity index (χ3n) is 2.88. The first-order valence-corrected chi connectivity index (χ1v) is 6.39. The van der Waals surface area contributed by atoms with Gasteiger partial charge < -0.3 is 10.6 Å². The summed E-state index contributed by atoms with van der Waals surface area (Å²) in [6.07, 6.45) is 3.10. The number of hydrogen-bond donors (Lipinski definition) is 3. The van der Waals surface area contributed by atoms with Gasteiger partial charge in [0.25, 0.3) is 0 Å². The van der Waals surface area contributed by atoms with Crippen LogP contribution in [0.4, 0.5) is 0 Å². The number of rotatable bonds is 7. The predicted molar refractivity (Wildman–Crippen MR) is 66.4 cm³/mol. The van der Waals surface area contributed by atoms with Crippen molar-refractivity contribution in [2.45, 2.75) is 32.6 Å². The summed E-state index contributed by atoms with van der Waals surface area (Å²) in [7, 11) is 0. The normalized spacial score (nSPS) is 16.6. The largest absolute Gasteiger partial charge is 0.356 e. The molecular weight excluding hydrogens is 224 g/mol. The van der Waals surface area contributed by atoms with Crippen LogP contribution in [0.5, 0.6) is 0 Å². The van der Waals surface area contributed by atoms with Gasteiger partial charge in [0.15, 0.2) is 0 Å². The lowest BCUT2D eigenvalue weighted by molar-refractivity contribution is -0.122. The van der Waals surface area contributed by atoms with Crippen LogP contribution in [0.2, 0.25) is 0 Å². The minimum atomic E-state index is -0.0156. The molecule has 5 heteroatoms. The number of nitrogens with one attached hydrogen (secondary N) is 2. The van der Waals surface area contributed by atoms with Crippen molar-refractivity contribution in [3.63, 3.8) is 0 Å². The minimum Gasteiger partial charge on any atom is -0.356 e. The van der Waals surface area contributed by atoms with Gasteiger partial charge in [0.2, 0.25) is 11.8 Å². The number of thiol groups is 1. The van der Waals surface area contributed by atoms with Crippen molar-refractivity contribution >= 4 is 24.4 Å². The third kappa shape index (κ3) is 4.43. The second-order valence-corrected chi connectivity index (χ2v) is 4.70. The average Bonchev–Trinajstić information content (AvgIpc) is 2.99.